The number of carbonyl (C=O) groups excluding carboxylic acids is 2. The van der Waals surface area contributed by atoms with E-state index in [9.17, 15) is 14.0 Å². The third-order valence-corrected chi connectivity index (χ3v) is 4.67. The fourth-order valence-corrected chi connectivity index (χ4v) is 3.46. The Hall–Kier alpha value is -1.76. The van der Waals surface area contributed by atoms with Crippen molar-refractivity contribution in [3.8, 4) is 0 Å². The Bertz CT molecular complexity index is 635. The van der Waals surface area contributed by atoms with Crippen molar-refractivity contribution >= 4 is 34.5 Å². The Kier molecular flexibility index (Phi) is 3.76. The molecule has 3 rings (SSSR count). The summed E-state index contributed by atoms with van der Waals surface area (Å²) in [5.74, 6) is -0.963. The van der Waals surface area contributed by atoms with Crippen LogP contribution in [0.3, 0.4) is 0 Å². The van der Waals surface area contributed by atoms with Gasteiger partial charge in [0.2, 0.25) is 17.1 Å². The van der Waals surface area contributed by atoms with Crippen molar-refractivity contribution in [2.24, 2.45) is 11.3 Å². The molecular weight excluding hydrogens is 311 g/mol. The van der Waals surface area contributed by atoms with Crippen LogP contribution in [0.1, 0.15) is 26.2 Å². The van der Waals surface area contributed by atoms with Gasteiger partial charge in [-0.2, -0.15) is 4.98 Å². The van der Waals surface area contributed by atoms with Gasteiger partial charge < -0.3 is 10.2 Å². The van der Waals surface area contributed by atoms with Crippen LogP contribution in [0.2, 0.25) is 0 Å². The smallest absolute Gasteiger partial charge is 0.227 e. The van der Waals surface area contributed by atoms with Crippen LogP contribution >= 0.6 is 11.6 Å². The summed E-state index contributed by atoms with van der Waals surface area (Å²) in [5.41, 5.74) is -0.0942. The quantitative estimate of drug-likeness (QED) is 0.859. The van der Waals surface area contributed by atoms with Crippen LogP contribution in [-0.4, -0.2) is 34.2 Å². The maximum Gasteiger partial charge on any atom is 0.227 e. The Balaban J connectivity index is 1.81. The molecule has 1 aliphatic heterocycles. The van der Waals surface area contributed by atoms with Gasteiger partial charge in [-0.1, -0.05) is 0 Å². The zero-order valence-electron chi connectivity index (χ0n) is 12.1. The van der Waals surface area contributed by atoms with Gasteiger partial charge in [0.05, 0.1) is 6.20 Å². The van der Waals surface area contributed by atoms with Crippen molar-refractivity contribution in [2.45, 2.75) is 26.2 Å². The Morgan fingerprint density at radius 2 is 2.23 bits per heavy atom. The van der Waals surface area contributed by atoms with Gasteiger partial charge in [0.25, 0.3) is 0 Å². The molecule has 2 fully saturated rings. The predicted octanol–water partition coefficient (Wildman–Crippen LogP) is 1.95. The number of carbonyl (C=O) groups is 2. The molecule has 2 aliphatic rings. The number of anilines is 2. The standard InChI is InChI=1S/C14H16ClFN4O2/c1-8(21)18-12-10(16)6-17-13(19-12)20-5-2-9(11(15)22)14(7-20)3-4-14/h6,9H,2-5,7H2,1H3,(H,17,18,19,21). The number of halogens is 2. The first-order valence-electron chi connectivity index (χ1n) is 7.16. The van der Waals surface area contributed by atoms with Gasteiger partial charge in [0.1, 0.15) is 0 Å². The lowest BCUT2D eigenvalue weighted by atomic mass is 9.83. The largest absolute Gasteiger partial charge is 0.340 e. The fourth-order valence-electron chi connectivity index (χ4n) is 3.12. The molecule has 2 heterocycles. The van der Waals surface area contributed by atoms with Gasteiger partial charge >= 0.3 is 0 Å². The molecule has 1 saturated carbocycles. The lowest BCUT2D eigenvalue weighted by Gasteiger charge is -2.37. The van der Waals surface area contributed by atoms with Gasteiger partial charge in [-0.15, -0.1) is 0 Å². The number of rotatable bonds is 3. The molecule has 0 radical (unpaired) electrons. The molecule has 1 N–H and O–H groups in total. The minimum atomic E-state index is -0.675. The summed E-state index contributed by atoms with van der Waals surface area (Å²) in [5, 5.41) is 2.07. The first kappa shape index (κ1) is 15.1. The SMILES string of the molecule is CC(=O)Nc1nc(N2CCC(C(=O)Cl)C3(CC3)C2)ncc1F. The maximum atomic E-state index is 13.6. The molecule has 1 unspecified atom stereocenters. The molecule has 6 nitrogen and oxygen atoms in total. The highest BCUT2D eigenvalue weighted by atomic mass is 35.5. The number of amides is 1. The Morgan fingerprint density at radius 1 is 1.50 bits per heavy atom. The van der Waals surface area contributed by atoms with E-state index in [1.807, 2.05) is 4.90 Å². The highest BCUT2D eigenvalue weighted by Gasteiger charge is 2.55. The van der Waals surface area contributed by atoms with Crippen LogP contribution in [0.15, 0.2) is 6.20 Å². The van der Waals surface area contributed by atoms with Crippen molar-refractivity contribution in [1.82, 2.24) is 9.97 Å². The zero-order valence-corrected chi connectivity index (χ0v) is 12.9. The molecule has 1 spiro atoms. The second kappa shape index (κ2) is 5.46. The summed E-state index contributed by atoms with van der Waals surface area (Å²) in [6.07, 6.45) is 3.59. The topological polar surface area (TPSA) is 75.2 Å². The minimum Gasteiger partial charge on any atom is -0.340 e. The van der Waals surface area contributed by atoms with E-state index in [2.05, 4.69) is 15.3 Å². The number of piperidine rings is 1. The van der Waals surface area contributed by atoms with Crippen LogP contribution < -0.4 is 10.2 Å². The lowest BCUT2D eigenvalue weighted by Crippen LogP contribution is -2.44. The molecule has 1 aliphatic carbocycles. The number of hydrogen-bond acceptors (Lipinski definition) is 5. The van der Waals surface area contributed by atoms with Crippen LogP contribution in [0.4, 0.5) is 16.2 Å². The van der Waals surface area contributed by atoms with Gasteiger partial charge in [-0.3, -0.25) is 9.59 Å². The minimum absolute atomic E-state index is 0.0942. The van der Waals surface area contributed by atoms with E-state index in [1.165, 1.54) is 6.92 Å². The number of hydrogen-bond donors (Lipinski definition) is 1. The zero-order chi connectivity index (χ0) is 15.9. The molecule has 1 aromatic rings. The van der Waals surface area contributed by atoms with Crippen LogP contribution in [0, 0.1) is 17.2 Å². The summed E-state index contributed by atoms with van der Waals surface area (Å²) in [6, 6.07) is 0. The number of nitrogens with one attached hydrogen (secondary N) is 1. The highest BCUT2D eigenvalue weighted by molar-refractivity contribution is 6.64. The van der Waals surface area contributed by atoms with E-state index in [1.54, 1.807) is 0 Å². The third-order valence-electron chi connectivity index (χ3n) is 4.41. The van der Waals surface area contributed by atoms with Crippen LogP contribution in [-0.2, 0) is 9.59 Å². The maximum absolute atomic E-state index is 13.6. The fraction of sp³-hybridized carbons (Fsp3) is 0.571. The summed E-state index contributed by atoms with van der Waals surface area (Å²) in [4.78, 5) is 32.6. The van der Waals surface area contributed by atoms with E-state index < -0.39 is 11.7 Å². The van der Waals surface area contributed by atoms with Crippen molar-refractivity contribution in [1.29, 1.82) is 0 Å². The highest BCUT2D eigenvalue weighted by Crippen LogP contribution is 2.56. The van der Waals surface area contributed by atoms with Gasteiger partial charge in [-0.25, -0.2) is 9.37 Å². The van der Waals surface area contributed by atoms with Crippen molar-refractivity contribution in [3.63, 3.8) is 0 Å². The normalized spacial score (nSPS) is 22.5. The van der Waals surface area contributed by atoms with E-state index in [4.69, 9.17) is 11.6 Å². The van der Waals surface area contributed by atoms with Gasteiger partial charge in [-0.05, 0) is 36.3 Å². The molecular formula is C14H16ClFN4O2. The molecule has 1 aromatic heterocycles. The molecule has 22 heavy (non-hydrogen) atoms. The van der Waals surface area contributed by atoms with Crippen molar-refractivity contribution in [3.05, 3.63) is 12.0 Å². The predicted molar refractivity (Wildman–Crippen MR) is 79.1 cm³/mol. The molecule has 8 heteroatoms. The van der Waals surface area contributed by atoms with Crippen LogP contribution in [0.25, 0.3) is 0 Å². The average Bonchev–Trinajstić information content (AvgIpc) is 3.20. The summed E-state index contributed by atoms with van der Waals surface area (Å²) >= 11 is 5.69. The molecule has 118 valence electrons. The van der Waals surface area contributed by atoms with E-state index >= 15 is 0 Å². The second-order valence-corrected chi connectivity index (χ2v) is 6.35. The Labute approximate surface area is 132 Å². The molecule has 1 amide bonds. The number of nitrogens with zero attached hydrogens (tertiary/aromatic N) is 3. The summed E-state index contributed by atoms with van der Waals surface area (Å²) in [6.45, 7) is 2.50. The second-order valence-electron chi connectivity index (χ2n) is 5.98. The lowest BCUT2D eigenvalue weighted by molar-refractivity contribution is -0.117. The molecule has 0 aromatic carbocycles. The van der Waals surface area contributed by atoms with Crippen LogP contribution in [0.5, 0.6) is 0 Å². The first-order valence-corrected chi connectivity index (χ1v) is 7.53. The van der Waals surface area contributed by atoms with Crippen molar-refractivity contribution < 1.29 is 14.0 Å². The summed E-state index contributed by atoms with van der Waals surface area (Å²) < 4.78 is 13.6. The van der Waals surface area contributed by atoms with E-state index in [0.29, 0.717) is 25.5 Å². The van der Waals surface area contributed by atoms with E-state index in [-0.39, 0.29) is 22.4 Å². The monoisotopic (exact) mass is 326 g/mol. The molecule has 1 saturated heterocycles. The molecule has 1 atom stereocenters. The first-order chi connectivity index (χ1) is 10.4. The summed E-state index contributed by atoms with van der Waals surface area (Å²) in [7, 11) is 0. The van der Waals surface area contributed by atoms with Gasteiger partial charge in [0, 0.05) is 25.9 Å². The van der Waals surface area contributed by atoms with Gasteiger partial charge in [0.15, 0.2) is 11.6 Å². The third kappa shape index (κ3) is 2.77. The Morgan fingerprint density at radius 3 is 2.82 bits per heavy atom. The van der Waals surface area contributed by atoms with Crippen molar-refractivity contribution in [2.75, 3.05) is 23.3 Å². The molecule has 0 bridgehead atoms. The average molecular weight is 327 g/mol. The number of aromatic nitrogens is 2. The van der Waals surface area contributed by atoms with E-state index in [0.717, 1.165) is 19.0 Å².